The van der Waals surface area contributed by atoms with Gasteiger partial charge in [-0.25, -0.2) is 4.98 Å². The van der Waals surface area contributed by atoms with E-state index in [1.807, 2.05) is 6.07 Å². The van der Waals surface area contributed by atoms with E-state index in [-0.39, 0.29) is 0 Å². The van der Waals surface area contributed by atoms with Gasteiger partial charge in [-0.3, -0.25) is 0 Å². The second-order valence-corrected chi connectivity index (χ2v) is 3.39. The van der Waals surface area contributed by atoms with E-state index in [0.29, 0.717) is 11.7 Å². The Balaban J connectivity index is 2.48. The zero-order valence-corrected chi connectivity index (χ0v) is 7.01. The van der Waals surface area contributed by atoms with Crippen LogP contribution in [-0.2, 0) is 0 Å². The minimum atomic E-state index is 0.635. The molecule has 0 saturated heterocycles. The van der Waals surface area contributed by atoms with Crippen molar-refractivity contribution in [1.82, 2.24) is 4.98 Å². The van der Waals surface area contributed by atoms with Gasteiger partial charge in [-0.1, -0.05) is 0 Å². The summed E-state index contributed by atoms with van der Waals surface area (Å²) in [6.07, 6.45) is 4.18. The van der Waals surface area contributed by atoms with Crippen LogP contribution in [0, 0.1) is 0 Å². The number of nitrogens with two attached hydrogens (primary N) is 1. The minimum absolute atomic E-state index is 0.635. The third-order valence-corrected chi connectivity index (χ3v) is 2.37. The van der Waals surface area contributed by atoms with Crippen LogP contribution in [-0.4, -0.2) is 4.98 Å². The van der Waals surface area contributed by atoms with Crippen LogP contribution in [0.3, 0.4) is 0 Å². The van der Waals surface area contributed by atoms with Crippen molar-refractivity contribution in [3.05, 3.63) is 17.8 Å². The number of nitrogens with zero attached hydrogens (tertiary/aromatic N) is 1. The Bertz CT molecular complexity index is 261. The van der Waals surface area contributed by atoms with Gasteiger partial charge in [-0.05, 0) is 24.8 Å². The fourth-order valence-corrected chi connectivity index (χ4v) is 1.63. The summed E-state index contributed by atoms with van der Waals surface area (Å²) >= 11 is 4.33. The van der Waals surface area contributed by atoms with Gasteiger partial charge in [0.25, 0.3) is 0 Å². The summed E-state index contributed by atoms with van der Waals surface area (Å²) in [6.45, 7) is 0. The Hall–Kier alpha value is -0.700. The number of pyridine rings is 1. The zero-order valence-electron chi connectivity index (χ0n) is 6.12. The zero-order chi connectivity index (χ0) is 7.84. The maximum Gasteiger partial charge on any atom is 0.127 e. The smallest absolute Gasteiger partial charge is 0.127 e. The molecule has 1 saturated carbocycles. The number of thiol groups is 1. The van der Waals surface area contributed by atoms with E-state index < -0.39 is 0 Å². The van der Waals surface area contributed by atoms with Crippen molar-refractivity contribution in [2.75, 3.05) is 5.73 Å². The van der Waals surface area contributed by atoms with Gasteiger partial charge >= 0.3 is 0 Å². The highest BCUT2D eigenvalue weighted by Gasteiger charge is 2.27. The van der Waals surface area contributed by atoms with Crippen molar-refractivity contribution in [2.24, 2.45) is 0 Å². The molecule has 1 aliphatic rings. The normalized spacial score (nSPS) is 16.8. The maximum atomic E-state index is 5.70. The van der Waals surface area contributed by atoms with E-state index in [1.165, 1.54) is 12.8 Å². The lowest BCUT2D eigenvalue weighted by Gasteiger charge is -2.04. The van der Waals surface area contributed by atoms with Crippen LogP contribution in [0.1, 0.15) is 24.3 Å². The Morgan fingerprint density at radius 1 is 1.55 bits per heavy atom. The number of anilines is 1. The fraction of sp³-hybridized carbons (Fsp3) is 0.375. The van der Waals surface area contributed by atoms with Crippen molar-refractivity contribution in [1.29, 1.82) is 0 Å². The Morgan fingerprint density at radius 3 is 2.82 bits per heavy atom. The molecule has 1 fully saturated rings. The van der Waals surface area contributed by atoms with Crippen LogP contribution < -0.4 is 5.73 Å². The molecule has 0 spiro atoms. The standard InChI is InChI=1S/C8H10N2S/c9-8-7(5-1-2-5)6(11)3-4-10-8/h3-5H,1-2H2,(H3,9,10,11). The molecule has 0 amide bonds. The highest BCUT2D eigenvalue weighted by Crippen LogP contribution is 2.44. The van der Waals surface area contributed by atoms with Crippen LogP contribution in [0.25, 0.3) is 0 Å². The van der Waals surface area contributed by atoms with Crippen LogP contribution in [0.5, 0.6) is 0 Å². The molecule has 1 aromatic heterocycles. The van der Waals surface area contributed by atoms with Gasteiger partial charge in [0.05, 0.1) is 0 Å². The predicted molar refractivity (Wildman–Crippen MR) is 47.9 cm³/mol. The van der Waals surface area contributed by atoms with E-state index in [4.69, 9.17) is 5.73 Å². The molecule has 2 rings (SSSR count). The molecule has 2 nitrogen and oxygen atoms in total. The van der Waals surface area contributed by atoms with E-state index in [0.717, 1.165) is 10.5 Å². The predicted octanol–water partition coefficient (Wildman–Crippen LogP) is 1.83. The van der Waals surface area contributed by atoms with Gasteiger partial charge in [0.2, 0.25) is 0 Å². The summed E-state index contributed by atoms with van der Waals surface area (Å²) in [6, 6.07) is 1.90. The first-order valence-corrected chi connectivity index (χ1v) is 4.17. The SMILES string of the molecule is Nc1nccc(S)c1C1CC1. The van der Waals surface area contributed by atoms with Crippen molar-refractivity contribution in [2.45, 2.75) is 23.7 Å². The molecule has 0 aliphatic heterocycles. The first-order valence-electron chi connectivity index (χ1n) is 3.72. The van der Waals surface area contributed by atoms with Gasteiger partial charge in [0, 0.05) is 16.7 Å². The molecule has 11 heavy (non-hydrogen) atoms. The summed E-state index contributed by atoms with van der Waals surface area (Å²) in [5.41, 5.74) is 6.85. The van der Waals surface area contributed by atoms with Gasteiger partial charge < -0.3 is 5.73 Å². The number of nitrogen functional groups attached to an aromatic ring is 1. The molecule has 0 bridgehead atoms. The maximum absolute atomic E-state index is 5.70. The third kappa shape index (κ3) is 1.20. The van der Waals surface area contributed by atoms with Crippen molar-refractivity contribution < 1.29 is 0 Å². The second kappa shape index (κ2) is 2.41. The van der Waals surface area contributed by atoms with Crippen LogP contribution in [0.2, 0.25) is 0 Å². The average Bonchev–Trinajstić information content (AvgIpc) is 2.70. The molecule has 1 aliphatic carbocycles. The molecule has 3 heteroatoms. The number of hydrogen-bond acceptors (Lipinski definition) is 3. The van der Waals surface area contributed by atoms with Gasteiger partial charge in [-0.2, -0.15) is 0 Å². The van der Waals surface area contributed by atoms with E-state index >= 15 is 0 Å². The molecular formula is C8H10N2S. The monoisotopic (exact) mass is 166 g/mol. The van der Waals surface area contributed by atoms with Gasteiger partial charge in [0.1, 0.15) is 5.82 Å². The Morgan fingerprint density at radius 2 is 2.27 bits per heavy atom. The molecular weight excluding hydrogens is 156 g/mol. The van der Waals surface area contributed by atoms with Crippen LogP contribution in [0.15, 0.2) is 17.2 Å². The van der Waals surface area contributed by atoms with E-state index in [1.54, 1.807) is 6.20 Å². The first-order chi connectivity index (χ1) is 5.29. The lowest BCUT2D eigenvalue weighted by molar-refractivity contribution is 1.05. The molecule has 2 N–H and O–H groups in total. The highest BCUT2D eigenvalue weighted by atomic mass is 32.1. The Labute approximate surface area is 71.2 Å². The second-order valence-electron chi connectivity index (χ2n) is 2.90. The molecule has 0 radical (unpaired) electrons. The minimum Gasteiger partial charge on any atom is -0.383 e. The molecule has 1 aromatic rings. The van der Waals surface area contributed by atoms with Crippen molar-refractivity contribution in [3.8, 4) is 0 Å². The topological polar surface area (TPSA) is 38.9 Å². The Kier molecular flexibility index (Phi) is 1.53. The van der Waals surface area contributed by atoms with E-state index in [2.05, 4.69) is 17.6 Å². The summed E-state index contributed by atoms with van der Waals surface area (Å²) in [5, 5.41) is 0. The molecule has 1 heterocycles. The summed E-state index contributed by atoms with van der Waals surface area (Å²) < 4.78 is 0. The summed E-state index contributed by atoms with van der Waals surface area (Å²) in [4.78, 5) is 5.02. The molecule has 0 atom stereocenters. The molecule has 0 unspecified atom stereocenters. The number of hydrogen-bond donors (Lipinski definition) is 2. The quantitative estimate of drug-likeness (QED) is 0.625. The van der Waals surface area contributed by atoms with Gasteiger partial charge in [0.15, 0.2) is 0 Å². The highest BCUT2D eigenvalue weighted by molar-refractivity contribution is 7.80. The van der Waals surface area contributed by atoms with Crippen molar-refractivity contribution >= 4 is 18.4 Å². The average molecular weight is 166 g/mol. The summed E-state index contributed by atoms with van der Waals surface area (Å²) in [5.74, 6) is 1.29. The number of rotatable bonds is 1. The fourth-order valence-electron chi connectivity index (χ4n) is 1.27. The largest absolute Gasteiger partial charge is 0.383 e. The van der Waals surface area contributed by atoms with Crippen molar-refractivity contribution in [3.63, 3.8) is 0 Å². The van der Waals surface area contributed by atoms with Crippen LogP contribution >= 0.6 is 12.6 Å². The summed E-state index contributed by atoms with van der Waals surface area (Å²) in [7, 11) is 0. The first kappa shape index (κ1) is 6.98. The molecule has 0 aromatic carbocycles. The molecule has 58 valence electrons. The van der Waals surface area contributed by atoms with Crippen LogP contribution in [0.4, 0.5) is 5.82 Å². The van der Waals surface area contributed by atoms with Gasteiger partial charge in [-0.15, -0.1) is 12.6 Å². The number of aromatic nitrogens is 1. The van der Waals surface area contributed by atoms with E-state index in [9.17, 15) is 0 Å². The lowest BCUT2D eigenvalue weighted by atomic mass is 10.2. The lowest BCUT2D eigenvalue weighted by Crippen LogP contribution is -1.96. The third-order valence-electron chi connectivity index (χ3n) is 1.98.